The molecule has 206 valence electrons. The molecule has 0 spiro atoms. The molecule has 0 fully saturated rings. The Labute approximate surface area is 222 Å². The van der Waals surface area contributed by atoms with Crippen molar-refractivity contribution in [3.63, 3.8) is 0 Å². The molecule has 1 heterocycles. The van der Waals surface area contributed by atoms with Crippen LogP contribution in [0.4, 0.5) is 13.2 Å². The minimum Gasteiger partial charge on any atom is -0.495 e. The molecule has 0 saturated heterocycles. The first-order chi connectivity index (χ1) is 18.2. The number of nitrogens with one attached hydrogen (secondary N) is 1. The molecule has 3 aromatic rings. The van der Waals surface area contributed by atoms with Crippen LogP contribution in [0.15, 0.2) is 73.3 Å². The predicted molar refractivity (Wildman–Crippen MR) is 133 cm³/mol. The standard InChI is InChI=1S/C27H26F3N3O6/c1-25(2,3)38-23(35)26(19-8-6-5-7-9-19,39-24(36)27(28,29)30)32-22(34)13-11-18-10-12-20(21(16-18)37-4)33-15-14-31-17-33/h5-17H,1-4H3,(H,32,34)/b13-11+/t26-/m0/s1. The molecule has 1 aromatic heterocycles. The molecule has 2 aromatic carbocycles. The van der Waals surface area contributed by atoms with E-state index in [1.807, 2.05) is 0 Å². The highest BCUT2D eigenvalue weighted by Crippen LogP contribution is 2.31. The molecule has 39 heavy (non-hydrogen) atoms. The summed E-state index contributed by atoms with van der Waals surface area (Å²) in [5.74, 6) is -4.72. The lowest BCUT2D eigenvalue weighted by Gasteiger charge is -2.34. The molecule has 12 heteroatoms. The zero-order chi connectivity index (χ0) is 28.8. The van der Waals surface area contributed by atoms with Crippen molar-refractivity contribution in [3.05, 3.63) is 84.5 Å². The Morgan fingerprint density at radius 3 is 2.23 bits per heavy atom. The number of carbonyl (C=O) groups is 3. The van der Waals surface area contributed by atoms with Crippen LogP contribution in [-0.2, 0) is 29.6 Å². The first kappa shape index (κ1) is 29.0. The molecule has 0 aliphatic rings. The van der Waals surface area contributed by atoms with Crippen molar-refractivity contribution in [2.45, 2.75) is 38.3 Å². The van der Waals surface area contributed by atoms with E-state index >= 15 is 0 Å². The number of ether oxygens (including phenoxy) is 3. The highest BCUT2D eigenvalue weighted by atomic mass is 19.4. The summed E-state index contributed by atoms with van der Waals surface area (Å²) in [6, 6.07) is 11.7. The van der Waals surface area contributed by atoms with Crippen LogP contribution in [-0.4, -0.2) is 46.3 Å². The molecule has 0 unspecified atom stereocenters. The quantitative estimate of drug-likeness (QED) is 0.255. The summed E-state index contributed by atoms with van der Waals surface area (Å²) in [6.07, 6.45) is 1.72. The first-order valence-corrected chi connectivity index (χ1v) is 11.5. The second kappa shape index (κ2) is 11.4. The van der Waals surface area contributed by atoms with E-state index in [-0.39, 0.29) is 5.56 Å². The third kappa shape index (κ3) is 7.24. The number of rotatable bonds is 8. The van der Waals surface area contributed by atoms with Gasteiger partial charge in [0.15, 0.2) is 0 Å². The SMILES string of the molecule is COc1cc(/C=C/C(=O)N[C@@](OC(=O)C(F)(F)F)(C(=O)OC(C)(C)C)c2ccccc2)ccc1-n1ccnc1. The fraction of sp³-hybridized carbons (Fsp3) is 0.259. The van der Waals surface area contributed by atoms with Crippen LogP contribution in [0.2, 0.25) is 0 Å². The number of esters is 2. The average molecular weight is 546 g/mol. The Morgan fingerprint density at radius 1 is 0.974 bits per heavy atom. The van der Waals surface area contributed by atoms with Crippen molar-refractivity contribution >= 4 is 23.9 Å². The van der Waals surface area contributed by atoms with Crippen LogP contribution in [0.25, 0.3) is 11.8 Å². The van der Waals surface area contributed by atoms with E-state index in [2.05, 4.69) is 15.0 Å². The minimum absolute atomic E-state index is 0.259. The molecule has 9 nitrogen and oxygen atoms in total. The van der Waals surface area contributed by atoms with Crippen LogP contribution in [0.5, 0.6) is 5.75 Å². The number of alkyl halides is 3. The van der Waals surface area contributed by atoms with Crippen molar-refractivity contribution in [3.8, 4) is 11.4 Å². The molecule has 3 rings (SSSR count). The van der Waals surface area contributed by atoms with Crippen LogP contribution >= 0.6 is 0 Å². The van der Waals surface area contributed by atoms with E-state index in [1.165, 1.54) is 64.3 Å². The molecule has 0 aliphatic carbocycles. The van der Waals surface area contributed by atoms with E-state index in [1.54, 1.807) is 41.5 Å². The topological polar surface area (TPSA) is 109 Å². The van der Waals surface area contributed by atoms with E-state index in [0.717, 1.165) is 6.08 Å². The lowest BCUT2D eigenvalue weighted by molar-refractivity contribution is -0.227. The molecular formula is C27H26F3N3O6. The predicted octanol–water partition coefficient (Wildman–Crippen LogP) is 4.31. The fourth-order valence-electron chi connectivity index (χ4n) is 3.39. The first-order valence-electron chi connectivity index (χ1n) is 11.5. The Morgan fingerprint density at radius 2 is 1.67 bits per heavy atom. The number of imidazole rings is 1. The Kier molecular flexibility index (Phi) is 8.48. The minimum atomic E-state index is -5.46. The number of halogens is 3. The summed E-state index contributed by atoms with van der Waals surface area (Å²) < 4.78 is 56.8. The van der Waals surface area contributed by atoms with Crippen molar-refractivity contribution in [1.29, 1.82) is 0 Å². The van der Waals surface area contributed by atoms with Gasteiger partial charge in [0.05, 0.1) is 19.1 Å². The molecule has 0 radical (unpaired) electrons. The van der Waals surface area contributed by atoms with Crippen LogP contribution in [0.1, 0.15) is 31.9 Å². The number of amides is 1. The summed E-state index contributed by atoms with van der Waals surface area (Å²) in [5, 5.41) is 2.12. The van der Waals surface area contributed by atoms with Gasteiger partial charge < -0.3 is 24.1 Å². The van der Waals surface area contributed by atoms with E-state index in [4.69, 9.17) is 9.47 Å². The van der Waals surface area contributed by atoms with E-state index in [0.29, 0.717) is 17.0 Å². The van der Waals surface area contributed by atoms with Gasteiger partial charge in [0.1, 0.15) is 11.4 Å². The van der Waals surface area contributed by atoms with Gasteiger partial charge in [0.2, 0.25) is 5.91 Å². The van der Waals surface area contributed by atoms with Gasteiger partial charge >= 0.3 is 23.8 Å². The second-order valence-corrected chi connectivity index (χ2v) is 9.16. The highest BCUT2D eigenvalue weighted by molar-refractivity contribution is 5.97. The normalized spacial score (nSPS) is 13.4. The maximum atomic E-state index is 13.3. The van der Waals surface area contributed by atoms with Gasteiger partial charge in [0, 0.05) is 24.0 Å². The number of benzene rings is 2. The maximum absolute atomic E-state index is 13.3. The lowest BCUT2D eigenvalue weighted by Crippen LogP contribution is -2.57. The Hall–Kier alpha value is -4.61. The maximum Gasteiger partial charge on any atom is 0.491 e. The van der Waals surface area contributed by atoms with E-state index in [9.17, 15) is 27.6 Å². The zero-order valence-electron chi connectivity index (χ0n) is 21.5. The van der Waals surface area contributed by atoms with Crippen molar-refractivity contribution in [2.24, 2.45) is 0 Å². The summed E-state index contributed by atoms with van der Waals surface area (Å²) in [7, 11) is 1.46. The molecule has 1 atom stereocenters. The van der Waals surface area contributed by atoms with Crippen molar-refractivity contribution in [1.82, 2.24) is 14.9 Å². The second-order valence-electron chi connectivity index (χ2n) is 9.16. The highest BCUT2D eigenvalue weighted by Gasteiger charge is 2.54. The van der Waals surface area contributed by atoms with Gasteiger partial charge in [-0.1, -0.05) is 36.4 Å². The molecule has 0 aliphatic heterocycles. The molecular weight excluding hydrogens is 519 g/mol. The lowest BCUT2D eigenvalue weighted by atomic mass is 10.0. The number of carbonyl (C=O) groups excluding carboxylic acids is 3. The molecule has 0 saturated carbocycles. The monoisotopic (exact) mass is 545 g/mol. The number of hydrogen-bond donors (Lipinski definition) is 1. The van der Waals surface area contributed by atoms with Crippen LogP contribution in [0.3, 0.4) is 0 Å². The summed E-state index contributed by atoms with van der Waals surface area (Å²) in [4.78, 5) is 42.2. The Bertz CT molecular complexity index is 1350. The van der Waals surface area contributed by atoms with Crippen molar-refractivity contribution in [2.75, 3.05) is 7.11 Å². The van der Waals surface area contributed by atoms with Gasteiger partial charge in [-0.2, -0.15) is 13.2 Å². The van der Waals surface area contributed by atoms with Crippen LogP contribution < -0.4 is 10.1 Å². The average Bonchev–Trinajstić information content (AvgIpc) is 3.40. The largest absolute Gasteiger partial charge is 0.495 e. The van der Waals surface area contributed by atoms with Crippen molar-refractivity contribution < 1.29 is 41.8 Å². The van der Waals surface area contributed by atoms with Gasteiger partial charge in [0.25, 0.3) is 0 Å². The molecule has 0 bridgehead atoms. The van der Waals surface area contributed by atoms with Gasteiger partial charge in [-0.25, -0.2) is 14.6 Å². The summed E-state index contributed by atoms with van der Waals surface area (Å²) in [5.41, 5.74) is -3.24. The molecule has 1 N–H and O–H groups in total. The smallest absolute Gasteiger partial charge is 0.491 e. The fourth-order valence-corrected chi connectivity index (χ4v) is 3.39. The number of aromatic nitrogens is 2. The van der Waals surface area contributed by atoms with Gasteiger partial charge in [-0.15, -0.1) is 0 Å². The third-order valence-electron chi connectivity index (χ3n) is 5.06. The number of methoxy groups -OCH3 is 1. The zero-order valence-corrected chi connectivity index (χ0v) is 21.5. The number of nitrogens with zero attached hydrogens (tertiary/aromatic N) is 2. The van der Waals surface area contributed by atoms with Gasteiger partial charge in [-0.05, 0) is 44.5 Å². The third-order valence-corrected chi connectivity index (χ3v) is 5.06. The van der Waals surface area contributed by atoms with E-state index < -0.39 is 35.3 Å². The van der Waals surface area contributed by atoms with Gasteiger partial charge in [-0.3, -0.25) is 4.79 Å². The summed E-state index contributed by atoms with van der Waals surface area (Å²) >= 11 is 0. The van der Waals surface area contributed by atoms with Crippen LogP contribution in [0, 0.1) is 0 Å². The summed E-state index contributed by atoms with van der Waals surface area (Å²) in [6.45, 7) is 4.40. The number of hydrogen-bond acceptors (Lipinski definition) is 7. The molecule has 1 amide bonds. The Balaban J connectivity index is 1.99.